The summed E-state index contributed by atoms with van der Waals surface area (Å²) in [5.41, 5.74) is 5.02. The van der Waals surface area contributed by atoms with Crippen LogP contribution in [0, 0.1) is 0 Å². The van der Waals surface area contributed by atoms with Gasteiger partial charge in [-0.05, 0) is 6.07 Å². The molecule has 1 N–H and O–H groups in total. The normalized spacial score (nSPS) is 19.1. The van der Waals surface area contributed by atoms with Crippen LogP contribution in [0.25, 0.3) is 5.57 Å². The Hall–Kier alpha value is -1.41. The summed E-state index contributed by atoms with van der Waals surface area (Å²) in [6, 6.07) is 8.37. The molecule has 0 aromatic heterocycles. The third kappa shape index (κ3) is 1.11. The van der Waals surface area contributed by atoms with E-state index in [1.807, 2.05) is 6.07 Å². The minimum atomic E-state index is 0.961. The van der Waals surface area contributed by atoms with Crippen LogP contribution in [-0.4, -0.2) is 18.8 Å². The average Bonchev–Trinajstić information content (AvgIpc) is 2.42. The highest BCUT2D eigenvalue weighted by Crippen LogP contribution is 2.35. The van der Waals surface area contributed by atoms with E-state index in [4.69, 9.17) is 0 Å². The van der Waals surface area contributed by atoms with E-state index < -0.39 is 0 Å². The molecule has 1 aromatic carbocycles. The van der Waals surface area contributed by atoms with Crippen LogP contribution < -0.4 is 5.32 Å². The van der Waals surface area contributed by atoms with Gasteiger partial charge in [-0.2, -0.15) is 0 Å². The Bertz CT molecular complexity index is 430. The topological polar surface area (TPSA) is 24.4 Å². The molecular weight excluding hydrogens is 172 g/mol. The summed E-state index contributed by atoms with van der Waals surface area (Å²) >= 11 is 0. The SMILES string of the molecule is C1=C2C(=Nc3ccccc32)CCNC1. The maximum Gasteiger partial charge on any atom is 0.0712 e. The Balaban J connectivity index is 2.15. The first-order chi connectivity index (χ1) is 6.95. The lowest BCUT2D eigenvalue weighted by Gasteiger charge is -1.99. The average molecular weight is 184 g/mol. The van der Waals surface area contributed by atoms with Crippen molar-refractivity contribution in [3.63, 3.8) is 0 Å². The predicted octanol–water partition coefficient (Wildman–Crippen LogP) is 2.15. The van der Waals surface area contributed by atoms with Gasteiger partial charge in [0.1, 0.15) is 0 Å². The highest BCUT2D eigenvalue weighted by molar-refractivity contribution is 6.29. The molecule has 70 valence electrons. The number of nitrogens with one attached hydrogen (secondary N) is 1. The van der Waals surface area contributed by atoms with Gasteiger partial charge in [0.2, 0.25) is 0 Å². The van der Waals surface area contributed by atoms with Gasteiger partial charge in [-0.25, -0.2) is 0 Å². The van der Waals surface area contributed by atoms with Crippen LogP contribution in [-0.2, 0) is 0 Å². The molecule has 1 aromatic rings. The van der Waals surface area contributed by atoms with Crippen LogP contribution in [0.1, 0.15) is 12.0 Å². The Labute approximate surface area is 83.4 Å². The van der Waals surface area contributed by atoms with Gasteiger partial charge < -0.3 is 5.32 Å². The number of para-hydroxylation sites is 1. The van der Waals surface area contributed by atoms with E-state index in [-0.39, 0.29) is 0 Å². The lowest BCUT2D eigenvalue weighted by molar-refractivity contribution is 0.778. The van der Waals surface area contributed by atoms with Gasteiger partial charge in [0.05, 0.1) is 5.69 Å². The number of rotatable bonds is 0. The largest absolute Gasteiger partial charge is 0.313 e. The van der Waals surface area contributed by atoms with Gasteiger partial charge >= 0.3 is 0 Å². The maximum absolute atomic E-state index is 4.64. The standard InChI is InChI=1S/C12H12N2/c1-2-4-11-9(3-1)10-5-7-13-8-6-12(10)14-11/h1-5,13H,6-8H2. The highest BCUT2D eigenvalue weighted by atomic mass is 14.9. The van der Waals surface area contributed by atoms with E-state index in [2.05, 4.69) is 34.6 Å². The summed E-state index contributed by atoms with van der Waals surface area (Å²) in [5, 5.41) is 3.35. The quantitative estimate of drug-likeness (QED) is 0.656. The van der Waals surface area contributed by atoms with Crippen molar-refractivity contribution in [2.24, 2.45) is 4.99 Å². The summed E-state index contributed by atoms with van der Waals surface area (Å²) in [5.74, 6) is 0. The molecule has 2 aliphatic rings. The Morgan fingerprint density at radius 3 is 3.14 bits per heavy atom. The second kappa shape index (κ2) is 3.07. The third-order valence-corrected chi connectivity index (χ3v) is 2.75. The van der Waals surface area contributed by atoms with Gasteiger partial charge in [0.25, 0.3) is 0 Å². The molecule has 0 bridgehead atoms. The lowest BCUT2D eigenvalue weighted by Crippen LogP contribution is -2.14. The van der Waals surface area contributed by atoms with Crippen molar-refractivity contribution in [1.82, 2.24) is 5.32 Å². The molecule has 2 nitrogen and oxygen atoms in total. The fourth-order valence-corrected chi connectivity index (χ4v) is 2.06. The number of nitrogens with zero attached hydrogens (tertiary/aromatic N) is 1. The van der Waals surface area contributed by atoms with E-state index >= 15 is 0 Å². The van der Waals surface area contributed by atoms with Gasteiger partial charge in [-0.3, -0.25) is 4.99 Å². The first-order valence-corrected chi connectivity index (χ1v) is 5.03. The van der Waals surface area contributed by atoms with Crippen LogP contribution in [0.5, 0.6) is 0 Å². The van der Waals surface area contributed by atoms with Crippen molar-refractivity contribution in [2.45, 2.75) is 6.42 Å². The summed E-state index contributed by atoms with van der Waals surface area (Å²) in [6.07, 6.45) is 3.29. The predicted molar refractivity (Wildman–Crippen MR) is 59.0 cm³/mol. The zero-order valence-corrected chi connectivity index (χ0v) is 7.96. The van der Waals surface area contributed by atoms with Crippen LogP contribution in [0.15, 0.2) is 35.3 Å². The zero-order chi connectivity index (χ0) is 9.38. The Kier molecular flexibility index (Phi) is 1.74. The molecule has 2 heterocycles. The smallest absolute Gasteiger partial charge is 0.0712 e. The fourth-order valence-electron chi connectivity index (χ4n) is 2.06. The van der Waals surface area contributed by atoms with Crippen molar-refractivity contribution in [3.8, 4) is 0 Å². The van der Waals surface area contributed by atoms with E-state index in [0.717, 1.165) is 25.2 Å². The molecule has 0 unspecified atom stereocenters. The number of fused-ring (bicyclic) bond motifs is 3. The van der Waals surface area contributed by atoms with Crippen LogP contribution in [0.2, 0.25) is 0 Å². The van der Waals surface area contributed by atoms with Crippen LogP contribution >= 0.6 is 0 Å². The number of hydrogen-bond acceptors (Lipinski definition) is 2. The first-order valence-electron chi connectivity index (χ1n) is 5.03. The van der Waals surface area contributed by atoms with Crippen LogP contribution in [0.4, 0.5) is 5.69 Å². The first kappa shape index (κ1) is 7.94. The molecule has 2 heteroatoms. The fraction of sp³-hybridized carbons (Fsp3) is 0.250. The van der Waals surface area contributed by atoms with E-state index in [9.17, 15) is 0 Å². The van der Waals surface area contributed by atoms with Gasteiger partial charge in [-0.1, -0.05) is 24.3 Å². The van der Waals surface area contributed by atoms with Crippen molar-refractivity contribution in [2.75, 3.05) is 13.1 Å². The Morgan fingerprint density at radius 2 is 2.14 bits per heavy atom. The molecule has 0 radical (unpaired) electrons. The molecule has 0 spiro atoms. The van der Waals surface area contributed by atoms with Crippen molar-refractivity contribution in [3.05, 3.63) is 35.9 Å². The molecule has 0 fully saturated rings. The Morgan fingerprint density at radius 1 is 1.21 bits per heavy atom. The van der Waals surface area contributed by atoms with Gasteiger partial charge in [0.15, 0.2) is 0 Å². The van der Waals surface area contributed by atoms with Crippen molar-refractivity contribution < 1.29 is 0 Å². The van der Waals surface area contributed by atoms with Crippen molar-refractivity contribution >= 4 is 17.0 Å². The summed E-state index contributed by atoms with van der Waals surface area (Å²) in [7, 11) is 0. The summed E-state index contributed by atoms with van der Waals surface area (Å²) in [4.78, 5) is 4.64. The summed E-state index contributed by atoms with van der Waals surface area (Å²) < 4.78 is 0. The van der Waals surface area contributed by atoms with Gasteiger partial charge in [0, 0.05) is 36.4 Å². The molecule has 3 rings (SSSR count). The molecule has 0 saturated heterocycles. The molecular formula is C12H12N2. The minimum Gasteiger partial charge on any atom is -0.313 e. The highest BCUT2D eigenvalue weighted by Gasteiger charge is 2.20. The number of benzene rings is 1. The molecule has 0 saturated carbocycles. The van der Waals surface area contributed by atoms with E-state index in [0.29, 0.717) is 0 Å². The molecule has 14 heavy (non-hydrogen) atoms. The number of aliphatic imine (C=N–C) groups is 1. The monoisotopic (exact) mass is 184 g/mol. The minimum absolute atomic E-state index is 0.961. The lowest BCUT2D eigenvalue weighted by atomic mass is 10.0. The van der Waals surface area contributed by atoms with E-state index in [1.54, 1.807) is 0 Å². The second-order valence-corrected chi connectivity index (χ2v) is 3.65. The number of hydrogen-bond donors (Lipinski definition) is 1. The molecule has 2 aliphatic heterocycles. The number of allylic oxidation sites excluding steroid dienone is 1. The van der Waals surface area contributed by atoms with Crippen molar-refractivity contribution in [1.29, 1.82) is 0 Å². The molecule has 0 amide bonds. The second-order valence-electron chi connectivity index (χ2n) is 3.65. The summed E-state index contributed by atoms with van der Waals surface area (Å²) in [6.45, 7) is 2.00. The van der Waals surface area contributed by atoms with Gasteiger partial charge in [-0.15, -0.1) is 0 Å². The molecule has 0 atom stereocenters. The molecule has 0 aliphatic carbocycles. The van der Waals surface area contributed by atoms with Crippen LogP contribution in [0.3, 0.4) is 0 Å². The zero-order valence-electron chi connectivity index (χ0n) is 7.96. The third-order valence-electron chi connectivity index (χ3n) is 2.75. The van der Waals surface area contributed by atoms with E-state index in [1.165, 1.54) is 16.8 Å². The maximum atomic E-state index is 4.64.